The van der Waals surface area contributed by atoms with Gasteiger partial charge in [0.1, 0.15) is 0 Å². The first-order chi connectivity index (χ1) is 12.9. The number of carbonyl (C=O) groups is 1. The van der Waals surface area contributed by atoms with Crippen LogP contribution in [0, 0.1) is 11.6 Å². The minimum Gasteiger partial charge on any atom is -0.325 e. The molecular formula is C18H12ClF2N3O2S. The lowest BCUT2D eigenvalue weighted by atomic mass is 10.3. The molecule has 0 spiro atoms. The molecule has 0 aliphatic rings. The van der Waals surface area contributed by atoms with E-state index in [-0.39, 0.29) is 22.4 Å². The summed E-state index contributed by atoms with van der Waals surface area (Å²) in [6.45, 7) is 0. The first-order valence-corrected chi connectivity index (χ1v) is 9.02. The fourth-order valence-electron chi connectivity index (χ4n) is 2.20. The van der Waals surface area contributed by atoms with Gasteiger partial charge in [-0.1, -0.05) is 23.4 Å². The van der Waals surface area contributed by atoms with Crippen molar-refractivity contribution < 1.29 is 13.6 Å². The Morgan fingerprint density at radius 2 is 1.89 bits per heavy atom. The maximum Gasteiger partial charge on any atom is 0.287 e. The molecule has 0 aliphatic heterocycles. The molecule has 0 bridgehead atoms. The van der Waals surface area contributed by atoms with Crippen molar-refractivity contribution in [3.8, 4) is 5.69 Å². The molecule has 0 unspecified atom stereocenters. The van der Waals surface area contributed by atoms with Gasteiger partial charge in [0.2, 0.25) is 5.91 Å². The van der Waals surface area contributed by atoms with Crippen LogP contribution in [-0.4, -0.2) is 21.2 Å². The zero-order chi connectivity index (χ0) is 19.4. The molecule has 0 saturated heterocycles. The Morgan fingerprint density at radius 1 is 1.15 bits per heavy atom. The SMILES string of the molecule is O=C(CSc1nccn(-c2ccc(F)c(F)c2)c1=O)Nc1ccc(Cl)cc1. The highest BCUT2D eigenvalue weighted by atomic mass is 35.5. The van der Waals surface area contributed by atoms with E-state index in [9.17, 15) is 18.4 Å². The molecule has 1 aromatic heterocycles. The number of thioether (sulfide) groups is 1. The number of carbonyl (C=O) groups excluding carboxylic acids is 1. The third-order valence-corrected chi connectivity index (χ3v) is 4.67. The molecule has 0 radical (unpaired) electrons. The summed E-state index contributed by atoms with van der Waals surface area (Å²) >= 11 is 6.73. The average molecular weight is 408 g/mol. The summed E-state index contributed by atoms with van der Waals surface area (Å²) in [7, 11) is 0. The molecule has 0 fully saturated rings. The summed E-state index contributed by atoms with van der Waals surface area (Å²) in [4.78, 5) is 28.5. The lowest BCUT2D eigenvalue weighted by Gasteiger charge is -2.08. The van der Waals surface area contributed by atoms with Crippen molar-refractivity contribution in [1.82, 2.24) is 9.55 Å². The Hall–Kier alpha value is -2.71. The quantitative estimate of drug-likeness (QED) is 0.652. The summed E-state index contributed by atoms with van der Waals surface area (Å²) in [5.41, 5.74) is 0.201. The van der Waals surface area contributed by atoms with E-state index < -0.39 is 17.2 Å². The van der Waals surface area contributed by atoms with Crippen molar-refractivity contribution in [3.05, 3.63) is 81.9 Å². The number of amides is 1. The lowest BCUT2D eigenvalue weighted by molar-refractivity contribution is -0.113. The third kappa shape index (κ3) is 4.72. The molecule has 1 heterocycles. The van der Waals surface area contributed by atoms with E-state index in [4.69, 9.17) is 11.6 Å². The summed E-state index contributed by atoms with van der Waals surface area (Å²) in [5.74, 6) is -2.44. The summed E-state index contributed by atoms with van der Waals surface area (Å²) in [6, 6.07) is 9.72. The van der Waals surface area contributed by atoms with Crippen molar-refractivity contribution in [2.75, 3.05) is 11.1 Å². The fourth-order valence-corrected chi connectivity index (χ4v) is 3.02. The molecule has 9 heteroatoms. The smallest absolute Gasteiger partial charge is 0.287 e. The summed E-state index contributed by atoms with van der Waals surface area (Å²) in [6.07, 6.45) is 2.69. The number of nitrogens with zero attached hydrogens (tertiary/aromatic N) is 2. The molecule has 3 rings (SSSR count). The molecule has 0 aliphatic carbocycles. The lowest BCUT2D eigenvalue weighted by Crippen LogP contribution is -2.22. The maximum absolute atomic E-state index is 13.4. The van der Waals surface area contributed by atoms with E-state index >= 15 is 0 Å². The molecular weight excluding hydrogens is 396 g/mol. The molecule has 0 saturated carbocycles. The van der Waals surface area contributed by atoms with E-state index in [0.717, 1.165) is 28.5 Å². The van der Waals surface area contributed by atoms with Crippen LogP contribution in [0.3, 0.4) is 0 Å². The van der Waals surface area contributed by atoms with Gasteiger partial charge in [0.25, 0.3) is 5.56 Å². The highest BCUT2D eigenvalue weighted by Gasteiger charge is 2.12. The highest BCUT2D eigenvalue weighted by Crippen LogP contribution is 2.16. The summed E-state index contributed by atoms with van der Waals surface area (Å²) < 4.78 is 27.6. The van der Waals surface area contributed by atoms with Gasteiger partial charge in [-0.3, -0.25) is 14.2 Å². The van der Waals surface area contributed by atoms with Crippen molar-refractivity contribution >= 4 is 35.0 Å². The number of hydrogen-bond acceptors (Lipinski definition) is 4. The van der Waals surface area contributed by atoms with Crippen LogP contribution in [0.15, 0.2) is 64.7 Å². The van der Waals surface area contributed by atoms with Gasteiger partial charge in [-0.2, -0.15) is 0 Å². The second kappa shape index (κ2) is 8.32. The van der Waals surface area contributed by atoms with E-state index in [1.54, 1.807) is 24.3 Å². The normalized spacial score (nSPS) is 10.6. The number of rotatable bonds is 5. The van der Waals surface area contributed by atoms with Gasteiger partial charge in [-0.15, -0.1) is 0 Å². The van der Waals surface area contributed by atoms with Crippen molar-refractivity contribution in [2.45, 2.75) is 5.03 Å². The van der Waals surface area contributed by atoms with E-state index in [1.807, 2.05) is 0 Å². The number of nitrogens with one attached hydrogen (secondary N) is 1. The van der Waals surface area contributed by atoms with Crippen LogP contribution in [-0.2, 0) is 4.79 Å². The van der Waals surface area contributed by atoms with Crippen molar-refractivity contribution in [1.29, 1.82) is 0 Å². The molecule has 1 amide bonds. The molecule has 27 heavy (non-hydrogen) atoms. The monoisotopic (exact) mass is 407 g/mol. The number of hydrogen-bond donors (Lipinski definition) is 1. The molecule has 5 nitrogen and oxygen atoms in total. The van der Waals surface area contributed by atoms with E-state index in [0.29, 0.717) is 10.7 Å². The minimum atomic E-state index is -1.06. The van der Waals surface area contributed by atoms with Gasteiger partial charge in [0.05, 0.1) is 11.4 Å². The molecule has 0 atom stereocenters. The van der Waals surface area contributed by atoms with Crippen LogP contribution in [0.2, 0.25) is 5.02 Å². The van der Waals surface area contributed by atoms with Gasteiger partial charge < -0.3 is 5.32 Å². The van der Waals surface area contributed by atoms with E-state index in [2.05, 4.69) is 10.3 Å². The van der Waals surface area contributed by atoms with Crippen molar-refractivity contribution in [3.63, 3.8) is 0 Å². The van der Waals surface area contributed by atoms with Crippen LogP contribution < -0.4 is 10.9 Å². The second-order valence-electron chi connectivity index (χ2n) is 5.35. The predicted octanol–water partition coefficient (Wildman–Crippen LogP) is 3.89. The number of halogens is 3. The van der Waals surface area contributed by atoms with Crippen molar-refractivity contribution in [2.24, 2.45) is 0 Å². The number of benzene rings is 2. The Bertz CT molecular complexity index is 1040. The first-order valence-electron chi connectivity index (χ1n) is 7.65. The van der Waals surface area contributed by atoms with Gasteiger partial charge >= 0.3 is 0 Å². The van der Waals surface area contributed by atoms with Crippen LogP contribution in [0.4, 0.5) is 14.5 Å². The third-order valence-electron chi connectivity index (χ3n) is 3.46. The Labute approximate surface area is 162 Å². The molecule has 138 valence electrons. The maximum atomic E-state index is 13.4. The van der Waals surface area contributed by atoms with Gasteiger partial charge in [0, 0.05) is 29.2 Å². The average Bonchev–Trinajstić information content (AvgIpc) is 2.65. The fraction of sp³-hybridized carbons (Fsp3) is 0.0556. The highest BCUT2D eigenvalue weighted by molar-refractivity contribution is 7.99. The minimum absolute atomic E-state index is 0.0489. The zero-order valence-corrected chi connectivity index (χ0v) is 15.2. The number of anilines is 1. The molecule has 2 aromatic carbocycles. The van der Waals surface area contributed by atoms with Crippen LogP contribution in [0.25, 0.3) is 5.69 Å². The first kappa shape index (κ1) is 19.1. The Kier molecular flexibility index (Phi) is 5.88. The Morgan fingerprint density at radius 3 is 2.59 bits per heavy atom. The number of aromatic nitrogens is 2. The zero-order valence-electron chi connectivity index (χ0n) is 13.7. The van der Waals surface area contributed by atoms with Gasteiger partial charge in [0.15, 0.2) is 16.7 Å². The van der Waals surface area contributed by atoms with Gasteiger partial charge in [-0.25, -0.2) is 13.8 Å². The van der Waals surface area contributed by atoms with Gasteiger partial charge in [-0.05, 0) is 36.4 Å². The topological polar surface area (TPSA) is 64.0 Å². The molecule has 3 aromatic rings. The van der Waals surface area contributed by atoms with Crippen LogP contribution >= 0.6 is 23.4 Å². The standard InChI is InChI=1S/C18H12ClF2N3O2S/c19-11-1-3-12(4-2-11)23-16(25)10-27-17-18(26)24(8-7-22-17)13-5-6-14(20)15(21)9-13/h1-9H,10H2,(H,23,25). The molecule has 1 N–H and O–H groups in total. The van der Waals surface area contributed by atoms with Crippen LogP contribution in [0.1, 0.15) is 0 Å². The van der Waals surface area contributed by atoms with Crippen LogP contribution in [0.5, 0.6) is 0 Å². The second-order valence-corrected chi connectivity index (χ2v) is 6.75. The predicted molar refractivity (Wildman–Crippen MR) is 101 cm³/mol. The Balaban J connectivity index is 1.72. The van der Waals surface area contributed by atoms with E-state index in [1.165, 1.54) is 18.5 Å². The summed E-state index contributed by atoms with van der Waals surface area (Å²) in [5, 5.41) is 3.29. The largest absolute Gasteiger partial charge is 0.325 e.